The van der Waals surface area contributed by atoms with Gasteiger partial charge in [0.2, 0.25) is 10.0 Å². The number of para-hydroxylation sites is 1. The topological polar surface area (TPSA) is 127 Å². The highest BCUT2D eigenvalue weighted by Gasteiger charge is 2.21. The van der Waals surface area contributed by atoms with Crippen molar-refractivity contribution in [3.05, 3.63) is 53.9 Å². The number of hydrogen-bond acceptors (Lipinski definition) is 6. The second kappa shape index (κ2) is 8.53. The van der Waals surface area contributed by atoms with E-state index in [0.717, 1.165) is 18.5 Å². The number of carbonyl (C=O) groups excluding carboxylic acids is 1. The van der Waals surface area contributed by atoms with Crippen molar-refractivity contribution in [2.45, 2.75) is 6.42 Å². The molecule has 0 aliphatic rings. The third kappa shape index (κ3) is 4.43. The Balaban J connectivity index is 1.94. The van der Waals surface area contributed by atoms with E-state index >= 15 is 0 Å². The molecule has 8 nitrogen and oxygen atoms in total. The largest absolute Gasteiger partial charge is 0.383 e. The maximum Gasteiger partial charge on any atom is 0.258 e. The van der Waals surface area contributed by atoms with Crippen LogP contribution in [-0.2, 0) is 10.0 Å². The minimum absolute atomic E-state index is 0.0191. The first kappa shape index (κ1) is 21.3. The van der Waals surface area contributed by atoms with Crippen LogP contribution >= 0.6 is 0 Å². The quantitative estimate of drug-likeness (QED) is 0.520. The Hall–Kier alpha value is -3.41. The van der Waals surface area contributed by atoms with Crippen molar-refractivity contribution in [3.63, 3.8) is 0 Å². The lowest BCUT2D eigenvalue weighted by Crippen LogP contribution is -2.20. The van der Waals surface area contributed by atoms with E-state index in [2.05, 4.69) is 15.3 Å². The number of benzene rings is 2. The molecule has 30 heavy (non-hydrogen) atoms. The lowest BCUT2D eigenvalue weighted by atomic mass is 10.1. The Bertz CT molecular complexity index is 1220. The third-order valence-electron chi connectivity index (χ3n) is 4.08. The van der Waals surface area contributed by atoms with Crippen LogP contribution in [0.2, 0.25) is 0 Å². The molecule has 3 rings (SSSR count). The molecule has 0 aliphatic carbocycles. The molecule has 1 aromatic heterocycles. The molecule has 2 aromatic carbocycles. The maximum absolute atomic E-state index is 14.7. The Labute approximate surface area is 169 Å². The number of fused-ring (bicyclic) bond motifs is 1. The number of aromatic nitrogens is 2. The average Bonchev–Trinajstić information content (AvgIpc) is 2.71. The lowest BCUT2D eigenvalue weighted by molar-refractivity contribution is 0.102. The van der Waals surface area contributed by atoms with E-state index < -0.39 is 51.4 Å². The van der Waals surface area contributed by atoms with Gasteiger partial charge >= 0.3 is 0 Å². The molecular weight excluding hydrogens is 423 g/mol. The Morgan fingerprint density at radius 3 is 2.63 bits per heavy atom. The number of nitrogens with one attached hydrogen (secondary N) is 2. The van der Waals surface area contributed by atoms with Gasteiger partial charge in [0.05, 0.1) is 29.2 Å². The SMILES string of the molecule is Nc1ncnc2c(C(=O)Nc3c(F)ccc(NS(=O)(=O)CCCF)c3F)cccc12. The fraction of sp³-hybridized carbons (Fsp3) is 0.167. The third-order valence-corrected chi connectivity index (χ3v) is 5.44. The average molecular weight is 439 g/mol. The standard InChI is InChI=1S/C18H16F3N5O3S/c19-7-2-8-30(28,29)26-13-6-5-12(20)16(14(13)21)25-18(27)11-4-1-3-10-15(11)23-9-24-17(10)22/h1,3-6,9,26H,2,7-8H2,(H,25,27)(H2,22,23,24). The van der Waals surface area contributed by atoms with Crippen molar-refractivity contribution < 1.29 is 26.4 Å². The first-order chi connectivity index (χ1) is 14.2. The molecule has 1 heterocycles. The van der Waals surface area contributed by atoms with Crippen LogP contribution in [0.5, 0.6) is 0 Å². The molecule has 3 aromatic rings. The predicted octanol–water partition coefficient (Wildman–Crippen LogP) is 2.84. The first-order valence-corrected chi connectivity index (χ1v) is 10.2. The summed E-state index contributed by atoms with van der Waals surface area (Å²) in [6.45, 7) is -0.868. The van der Waals surface area contributed by atoms with E-state index in [1.807, 2.05) is 4.72 Å². The van der Waals surface area contributed by atoms with Crippen LogP contribution in [-0.4, -0.2) is 36.7 Å². The number of nitrogens with two attached hydrogens (primary N) is 1. The molecule has 0 spiro atoms. The van der Waals surface area contributed by atoms with Crippen LogP contribution < -0.4 is 15.8 Å². The molecular formula is C18H16F3N5O3S. The molecule has 0 unspecified atom stereocenters. The minimum atomic E-state index is -4.06. The highest BCUT2D eigenvalue weighted by atomic mass is 32.2. The van der Waals surface area contributed by atoms with Crippen molar-refractivity contribution in [1.29, 1.82) is 0 Å². The van der Waals surface area contributed by atoms with Gasteiger partial charge in [0, 0.05) is 5.39 Å². The van der Waals surface area contributed by atoms with Gasteiger partial charge in [-0.25, -0.2) is 27.2 Å². The van der Waals surface area contributed by atoms with Gasteiger partial charge in [0.1, 0.15) is 23.6 Å². The van der Waals surface area contributed by atoms with Gasteiger partial charge in [0.15, 0.2) is 5.82 Å². The summed E-state index contributed by atoms with van der Waals surface area (Å²) in [5, 5.41) is 2.47. The first-order valence-electron chi connectivity index (χ1n) is 8.58. The summed E-state index contributed by atoms with van der Waals surface area (Å²) in [6, 6.07) is 6.10. The summed E-state index contributed by atoms with van der Waals surface area (Å²) < 4.78 is 66.8. The zero-order valence-electron chi connectivity index (χ0n) is 15.3. The normalized spacial score (nSPS) is 11.4. The van der Waals surface area contributed by atoms with Crippen molar-refractivity contribution in [3.8, 4) is 0 Å². The van der Waals surface area contributed by atoms with Crippen LogP contribution in [0, 0.1) is 11.6 Å². The monoisotopic (exact) mass is 439 g/mol. The number of hydrogen-bond donors (Lipinski definition) is 3. The summed E-state index contributed by atoms with van der Waals surface area (Å²) in [4.78, 5) is 20.5. The van der Waals surface area contributed by atoms with Crippen molar-refractivity contribution in [1.82, 2.24) is 9.97 Å². The smallest absolute Gasteiger partial charge is 0.258 e. The van der Waals surface area contributed by atoms with Crippen molar-refractivity contribution >= 4 is 44.0 Å². The summed E-state index contributed by atoms with van der Waals surface area (Å²) in [6.07, 6.45) is 0.857. The van der Waals surface area contributed by atoms with Crippen LogP contribution in [0.25, 0.3) is 10.9 Å². The van der Waals surface area contributed by atoms with Gasteiger partial charge < -0.3 is 11.1 Å². The Kier molecular flexibility index (Phi) is 6.06. The number of alkyl halides is 1. The molecule has 4 N–H and O–H groups in total. The molecule has 0 saturated heterocycles. The molecule has 0 radical (unpaired) electrons. The second-order valence-corrected chi connectivity index (χ2v) is 8.00. The fourth-order valence-electron chi connectivity index (χ4n) is 2.68. The van der Waals surface area contributed by atoms with E-state index in [4.69, 9.17) is 5.73 Å². The van der Waals surface area contributed by atoms with Gasteiger partial charge in [-0.3, -0.25) is 13.9 Å². The number of anilines is 3. The summed E-state index contributed by atoms with van der Waals surface area (Å²) in [5.41, 5.74) is 4.46. The molecule has 0 fully saturated rings. The fourth-order valence-corrected chi connectivity index (χ4v) is 3.76. The van der Waals surface area contributed by atoms with Gasteiger partial charge in [-0.1, -0.05) is 6.07 Å². The van der Waals surface area contributed by atoms with Gasteiger partial charge in [-0.15, -0.1) is 0 Å². The zero-order valence-corrected chi connectivity index (χ0v) is 16.1. The minimum Gasteiger partial charge on any atom is -0.383 e. The number of halogens is 3. The van der Waals surface area contributed by atoms with Crippen LogP contribution in [0.4, 0.5) is 30.4 Å². The molecule has 0 atom stereocenters. The Morgan fingerprint density at radius 1 is 1.13 bits per heavy atom. The van der Waals surface area contributed by atoms with Crippen LogP contribution in [0.3, 0.4) is 0 Å². The van der Waals surface area contributed by atoms with E-state index in [1.165, 1.54) is 12.1 Å². The zero-order chi connectivity index (χ0) is 21.9. The van der Waals surface area contributed by atoms with E-state index in [0.29, 0.717) is 5.39 Å². The number of nitrogens with zero attached hydrogens (tertiary/aromatic N) is 2. The summed E-state index contributed by atoms with van der Waals surface area (Å²) in [7, 11) is -4.06. The maximum atomic E-state index is 14.7. The lowest BCUT2D eigenvalue weighted by Gasteiger charge is -2.13. The molecule has 0 saturated carbocycles. The molecule has 0 bridgehead atoms. The summed E-state index contributed by atoms with van der Waals surface area (Å²) in [5.74, 6) is -3.81. The van der Waals surface area contributed by atoms with Gasteiger partial charge in [-0.05, 0) is 30.7 Å². The number of carbonyl (C=O) groups is 1. The van der Waals surface area contributed by atoms with Crippen molar-refractivity contribution in [2.24, 2.45) is 0 Å². The van der Waals surface area contributed by atoms with Crippen molar-refractivity contribution in [2.75, 3.05) is 28.2 Å². The number of nitrogen functional groups attached to an aromatic ring is 1. The Morgan fingerprint density at radius 2 is 1.90 bits per heavy atom. The number of amides is 1. The van der Waals surface area contributed by atoms with E-state index in [1.54, 1.807) is 6.07 Å². The molecule has 12 heteroatoms. The summed E-state index contributed by atoms with van der Waals surface area (Å²) >= 11 is 0. The van der Waals surface area contributed by atoms with E-state index in [9.17, 15) is 26.4 Å². The number of sulfonamides is 1. The van der Waals surface area contributed by atoms with E-state index in [-0.39, 0.29) is 23.3 Å². The van der Waals surface area contributed by atoms with Crippen LogP contribution in [0.15, 0.2) is 36.7 Å². The number of rotatable bonds is 7. The second-order valence-electron chi connectivity index (χ2n) is 6.16. The highest BCUT2D eigenvalue weighted by Crippen LogP contribution is 2.28. The predicted molar refractivity (Wildman–Crippen MR) is 106 cm³/mol. The molecule has 0 aliphatic heterocycles. The molecule has 1 amide bonds. The van der Waals surface area contributed by atoms with Gasteiger partial charge in [-0.2, -0.15) is 0 Å². The van der Waals surface area contributed by atoms with Gasteiger partial charge in [0.25, 0.3) is 5.91 Å². The van der Waals surface area contributed by atoms with Crippen LogP contribution in [0.1, 0.15) is 16.8 Å². The highest BCUT2D eigenvalue weighted by molar-refractivity contribution is 7.92. The molecule has 158 valence electrons.